The summed E-state index contributed by atoms with van der Waals surface area (Å²) < 4.78 is 92.5. The summed E-state index contributed by atoms with van der Waals surface area (Å²) in [7, 11) is -3.27. The van der Waals surface area contributed by atoms with Crippen LogP contribution in [0.15, 0.2) is 29.4 Å². The lowest BCUT2D eigenvalue weighted by atomic mass is 10.2. The highest BCUT2D eigenvalue weighted by molar-refractivity contribution is 7.89. The zero-order chi connectivity index (χ0) is 23.1. The van der Waals surface area contributed by atoms with Gasteiger partial charge >= 0.3 is 6.18 Å². The number of nitrogens with one attached hydrogen (secondary N) is 2. The van der Waals surface area contributed by atoms with Crippen LogP contribution in [0.2, 0.25) is 5.02 Å². The van der Waals surface area contributed by atoms with Crippen molar-refractivity contribution < 1.29 is 35.2 Å². The molecule has 14 heteroatoms. The van der Waals surface area contributed by atoms with Gasteiger partial charge in [0.05, 0.1) is 11.1 Å². The quantitative estimate of drug-likeness (QED) is 0.625. The van der Waals surface area contributed by atoms with Crippen LogP contribution in [0, 0.1) is 0 Å². The Morgan fingerprint density at radius 1 is 1.27 bits per heavy atom. The highest BCUT2D eigenvalue weighted by atomic mass is 35.5. The summed E-state index contributed by atoms with van der Waals surface area (Å²) in [5.74, 6) is -4.39. The van der Waals surface area contributed by atoms with E-state index in [0.717, 1.165) is 30.0 Å². The second kappa shape index (κ2) is 8.12. The number of amides is 1. The predicted molar refractivity (Wildman–Crippen MR) is 98.0 cm³/mol. The molecule has 0 fully saturated rings. The summed E-state index contributed by atoms with van der Waals surface area (Å²) in [6.07, 6.45) is -2.99. The molecule has 2 rings (SSSR count). The van der Waals surface area contributed by atoms with Crippen LogP contribution in [0.5, 0.6) is 0 Å². The van der Waals surface area contributed by atoms with Gasteiger partial charge in [-0.05, 0) is 19.1 Å². The van der Waals surface area contributed by atoms with Gasteiger partial charge in [0, 0.05) is 32.1 Å². The van der Waals surface area contributed by atoms with Gasteiger partial charge in [-0.15, -0.1) is 0 Å². The number of hydrogen-bond donors (Lipinski definition) is 2. The molecule has 166 valence electrons. The van der Waals surface area contributed by atoms with Crippen molar-refractivity contribution in [1.29, 1.82) is 0 Å². The number of pyridine rings is 1. The van der Waals surface area contributed by atoms with Gasteiger partial charge in [0.25, 0.3) is 11.8 Å². The number of aromatic nitrogens is 2. The van der Waals surface area contributed by atoms with Crippen molar-refractivity contribution in [2.75, 3.05) is 5.32 Å². The number of carbonyl (C=O) groups is 1. The van der Waals surface area contributed by atoms with Gasteiger partial charge < -0.3 is 9.88 Å². The minimum Gasteiger partial charge on any atom is -0.344 e. The van der Waals surface area contributed by atoms with Gasteiger partial charge in [-0.3, -0.25) is 9.78 Å². The first-order valence-corrected chi connectivity index (χ1v) is 9.99. The van der Waals surface area contributed by atoms with Crippen molar-refractivity contribution in [3.63, 3.8) is 0 Å². The van der Waals surface area contributed by atoms with Crippen LogP contribution in [0.25, 0.3) is 0 Å². The number of anilines is 1. The van der Waals surface area contributed by atoms with E-state index in [4.69, 9.17) is 11.6 Å². The molecule has 2 heterocycles. The molecule has 0 unspecified atom stereocenters. The molecule has 0 radical (unpaired) electrons. The molecule has 0 saturated carbocycles. The monoisotopic (exact) mass is 474 g/mol. The van der Waals surface area contributed by atoms with Crippen molar-refractivity contribution >= 4 is 33.2 Å². The third-order valence-electron chi connectivity index (χ3n) is 3.99. The van der Waals surface area contributed by atoms with E-state index >= 15 is 0 Å². The van der Waals surface area contributed by atoms with Crippen LogP contribution < -0.4 is 10.0 Å². The van der Waals surface area contributed by atoms with E-state index in [9.17, 15) is 35.2 Å². The molecule has 0 aliphatic carbocycles. The van der Waals surface area contributed by atoms with E-state index in [0.29, 0.717) is 13.0 Å². The summed E-state index contributed by atoms with van der Waals surface area (Å²) in [6, 6.07) is -0.0960. The molecule has 7 nitrogen and oxygen atoms in total. The largest absolute Gasteiger partial charge is 0.433 e. The Bertz CT molecular complexity index is 1060. The minimum absolute atomic E-state index is 0.263. The third-order valence-corrected chi connectivity index (χ3v) is 6.04. The van der Waals surface area contributed by atoms with Gasteiger partial charge in [0.2, 0.25) is 10.0 Å². The average Bonchev–Trinajstić information content (AvgIpc) is 2.88. The maximum absolute atomic E-state index is 13.3. The zero-order valence-corrected chi connectivity index (χ0v) is 17.3. The second-order valence-electron chi connectivity index (χ2n) is 6.45. The van der Waals surface area contributed by atoms with Gasteiger partial charge in [0.15, 0.2) is 0 Å². The molecular weight excluding hydrogens is 459 g/mol. The van der Waals surface area contributed by atoms with Crippen LogP contribution in [-0.4, -0.2) is 35.8 Å². The molecule has 2 aromatic rings. The zero-order valence-electron chi connectivity index (χ0n) is 15.7. The minimum atomic E-state index is -4.74. The van der Waals surface area contributed by atoms with E-state index in [1.165, 1.54) is 7.05 Å². The van der Waals surface area contributed by atoms with Crippen LogP contribution in [-0.2, 0) is 23.2 Å². The fourth-order valence-electron chi connectivity index (χ4n) is 2.27. The van der Waals surface area contributed by atoms with Gasteiger partial charge in [-0.2, -0.15) is 13.2 Å². The van der Waals surface area contributed by atoms with Crippen molar-refractivity contribution in [3.8, 4) is 0 Å². The molecule has 0 aromatic carbocycles. The fourth-order valence-corrected chi connectivity index (χ4v) is 4.27. The molecule has 0 aliphatic rings. The van der Waals surface area contributed by atoms with Crippen molar-refractivity contribution in [3.05, 3.63) is 40.9 Å². The van der Waals surface area contributed by atoms with Gasteiger partial charge in [-0.1, -0.05) is 11.6 Å². The summed E-state index contributed by atoms with van der Waals surface area (Å²) >= 11 is 6.00. The number of aryl methyl sites for hydroxylation is 1. The molecule has 2 N–H and O–H groups in total. The topological polar surface area (TPSA) is 93.1 Å². The lowest BCUT2D eigenvalue weighted by molar-refractivity contribution is -0.141. The molecule has 2 aromatic heterocycles. The van der Waals surface area contributed by atoms with E-state index in [1.54, 1.807) is 4.72 Å². The number of sulfonamides is 1. The summed E-state index contributed by atoms with van der Waals surface area (Å²) in [6.45, 7) is 1.47. The lowest BCUT2D eigenvalue weighted by Gasteiger charge is -2.20. The third kappa shape index (κ3) is 5.26. The van der Waals surface area contributed by atoms with E-state index in [-0.39, 0.29) is 5.69 Å². The molecule has 0 bridgehead atoms. The van der Waals surface area contributed by atoms with E-state index in [1.807, 2.05) is 0 Å². The molecule has 30 heavy (non-hydrogen) atoms. The fraction of sp³-hybridized carbons (Fsp3) is 0.375. The van der Waals surface area contributed by atoms with Gasteiger partial charge in [0.1, 0.15) is 16.3 Å². The smallest absolute Gasteiger partial charge is 0.344 e. The summed E-state index contributed by atoms with van der Waals surface area (Å²) in [4.78, 5) is 15.0. The average molecular weight is 475 g/mol. The maximum atomic E-state index is 13.3. The molecular formula is C16H16ClF5N4O3S. The first-order valence-electron chi connectivity index (χ1n) is 8.13. The van der Waals surface area contributed by atoms with Crippen molar-refractivity contribution in [2.24, 2.45) is 7.05 Å². The number of alkyl halides is 5. The van der Waals surface area contributed by atoms with E-state index < -0.39 is 55.4 Å². The SMILES string of the molecule is C[C@@H](NS(=O)(=O)c1cn(C)c(C(=O)Nc2ccnc(C(F)(F)F)c2)c1Cl)C(C)(F)F. The number of nitrogens with zero attached hydrogens (tertiary/aromatic N) is 2. The Morgan fingerprint density at radius 2 is 1.87 bits per heavy atom. The van der Waals surface area contributed by atoms with E-state index in [2.05, 4.69) is 10.3 Å². The van der Waals surface area contributed by atoms with Crippen LogP contribution in [0.3, 0.4) is 0 Å². The Kier molecular flexibility index (Phi) is 6.50. The predicted octanol–water partition coefficient (Wildman–Crippen LogP) is 3.67. The van der Waals surface area contributed by atoms with Crippen LogP contribution in [0.4, 0.5) is 27.6 Å². The number of hydrogen-bond acceptors (Lipinski definition) is 4. The highest BCUT2D eigenvalue weighted by Crippen LogP contribution is 2.31. The highest BCUT2D eigenvalue weighted by Gasteiger charge is 2.36. The first kappa shape index (κ1) is 24.0. The number of carbonyl (C=O) groups excluding carboxylic acids is 1. The maximum Gasteiger partial charge on any atom is 0.433 e. The van der Waals surface area contributed by atoms with Crippen molar-refractivity contribution in [2.45, 2.75) is 36.9 Å². The Labute approximate surface area is 173 Å². The molecule has 1 atom stereocenters. The number of halogens is 6. The molecule has 0 saturated heterocycles. The Balaban J connectivity index is 2.35. The van der Waals surface area contributed by atoms with Crippen molar-refractivity contribution in [1.82, 2.24) is 14.3 Å². The second-order valence-corrected chi connectivity index (χ2v) is 8.51. The number of rotatable bonds is 6. The first-order chi connectivity index (χ1) is 13.5. The van der Waals surface area contributed by atoms with Crippen LogP contribution >= 0.6 is 11.6 Å². The molecule has 0 aliphatic heterocycles. The molecule has 1 amide bonds. The standard InChI is InChI=1S/C16H16ClF5N4O3S/c1-8(15(2,18)19)25-30(28,29)10-7-26(3)13(12(10)17)14(27)24-9-4-5-23-11(6-9)16(20,21)22/h4-8,25H,1-3H3,(H,23,24,27)/t8-/m1/s1. The Morgan fingerprint density at radius 3 is 2.40 bits per heavy atom. The van der Waals surface area contributed by atoms with Crippen LogP contribution in [0.1, 0.15) is 30.0 Å². The normalized spacial score (nSPS) is 13.9. The summed E-state index contributed by atoms with van der Waals surface area (Å²) in [5, 5.41) is 1.58. The Hall–Kier alpha value is -2.25. The molecule has 0 spiro atoms. The lowest BCUT2D eigenvalue weighted by Crippen LogP contribution is -2.43. The van der Waals surface area contributed by atoms with Gasteiger partial charge in [-0.25, -0.2) is 21.9 Å². The summed E-state index contributed by atoms with van der Waals surface area (Å²) in [5.41, 5.74) is -1.92.